The van der Waals surface area contributed by atoms with Gasteiger partial charge in [0.2, 0.25) is 5.95 Å². The maximum Gasteiger partial charge on any atom is 0.289 e. The van der Waals surface area contributed by atoms with Crippen LogP contribution in [0.25, 0.3) is 0 Å². The number of aromatic nitrogens is 2. The number of benzene rings is 1. The average Bonchev–Trinajstić information content (AvgIpc) is 3.28. The Labute approximate surface area is 161 Å². The van der Waals surface area contributed by atoms with Gasteiger partial charge in [0.05, 0.1) is 6.26 Å². The summed E-state index contributed by atoms with van der Waals surface area (Å²) in [7, 11) is 0. The molecule has 0 atom stereocenters. The van der Waals surface area contributed by atoms with E-state index in [0.29, 0.717) is 50.0 Å². The molecule has 28 heavy (non-hydrogen) atoms. The number of furan rings is 1. The highest BCUT2D eigenvalue weighted by Gasteiger charge is 2.24. The highest BCUT2D eigenvalue weighted by molar-refractivity contribution is 5.91. The van der Waals surface area contributed by atoms with Gasteiger partial charge in [0, 0.05) is 44.5 Å². The van der Waals surface area contributed by atoms with Gasteiger partial charge >= 0.3 is 0 Å². The molecule has 1 aliphatic rings. The number of nitrogens with zero attached hydrogens (tertiary/aromatic N) is 4. The average molecular weight is 381 g/mol. The van der Waals surface area contributed by atoms with Crippen LogP contribution in [0, 0.1) is 5.82 Å². The molecule has 1 aromatic carbocycles. The SMILES string of the molecule is O=C(c1ccco1)N1CCN(c2ccnc(NCc3ccccc3F)n2)CC1. The third-order valence-electron chi connectivity index (χ3n) is 4.66. The molecule has 144 valence electrons. The van der Waals surface area contributed by atoms with E-state index >= 15 is 0 Å². The van der Waals surface area contributed by atoms with Crippen molar-refractivity contribution < 1.29 is 13.6 Å². The zero-order chi connectivity index (χ0) is 19.3. The first-order valence-electron chi connectivity index (χ1n) is 9.09. The minimum Gasteiger partial charge on any atom is -0.459 e. The van der Waals surface area contributed by atoms with E-state index in [4.69, 9.17) is 4.42 Å². The minimum absolute atomic E-state index is 0.0976. The summed E-state index contributed by atoms with van der Waals surface area (Å²) in [6.07, 6.45) is 3.17. The summed E-state index contributed by atoms with van der Waals surface area (Å²) in [6, 6.07) is 11.8. The second-order valence-electron chi connectivity index (χ2n) is 6.44. The molecule has 0 radical (unpaired) electrons. The summed E-state index contributed by atoms with van der Waals surface area (Å²) in [4.78, 5) is 25.0. The zero-order valence-electron chi connectivity index (χ0n) is 15.2. The molecule has 4 rings (SSSR count). The van der Waals surface area contributed by atoms with Crippen LogP contribution in [0.2, 0.25) is 0 Å². The maximum atomic E-state index is 13.7. The quantitative estimate of drug-likeness (QED) is 0.733. The number of rotatable bonds is 5. The molecular weight excluding hydrogens is 361 g/mol. The van der Waals surface area contributed by atoms with Crippen LogP contribution in [0.5, 0.6) is 0 Å². The molecule has 0 aliphatic carbocycles. The van der Waals surface area contributed by atoms with Crippen molar-refractivity contribution in [2.75, 3.05) is 36.4 Å². The number of amides is 1. The Morgan fingerprint density at radius 2 is 1.93 bits per heavy atom. The first-order chi connectivity index (χ1) is 13.7. The number of carbonyl (C=O) groups excluding carboxylic acids is 1. The molecule has 2 aromatic heterocycles. The van der Waals surface area contributed by atoms with E-state index in [1.54, 1.807) is 41.4 Å². The van der Waals surface area contributed by atoms with E-state index in [1.165, 1.54) is 12.3 Å². The summed E-state index contributed by atoms with van der Waals surface area (Å²) < 4.78 is 18.9. The van der Waals surface area contributed by atoms with Gasteiger partial charge in [-0.2, -0.15) is 4.98 Å². The van der Waals surface area contributed by atoms with Crippen molar-refractivity contribution in [2.45, 2.75) is 6.54 Å². The van der Waals surface area contributed by atoms with Gasteiger partial charge in [0.1, 0.15) is 11.6 Å². The number of hydrogen-bond acceptors (Lipinski definition) is 6. The molecular formula is C20H20FN5O2. The molecule has 3 aromatic rings. The van der Waals surface area contributed by atoms with E-state index in [1.807, 2.05) is 6.07 Å². The number of hydrogen-bond donors (Lipinski definition) is 1. The first kappa shape index (κ1) is 18.0. The molecule has 1 amide bonds. The van der Waals surface area contributed by atoms with Crippen molar-refractivity contribution in [3.8, 4) is 0 Å². The fraction of sp³-hybridized carbons (Fsp3) is 0.250. The van der Waals surface area contributed by atoms with Gasteiger partial charge in [-0.05, 0) is 24.3 Å². The van der Waals surface area contributed by atoms with Crippen LogP contribution in [0.4, 0.5) is 16.2 Å². The Balaban J connectivity index is 1.36. The molecule has 1 fully saturated rings. The lowest BCUT2D eigenvalue weighted by Gasteiger charge is -2.35. The normalized spacial score (nSPS) is 14.2. The number of carbonyl (C=O) groups is 1. The molecule has 0 saturated carbocycles. The van der Waals surface area contributed by atoms with Crippen molar-refractivity contribution >= 4 is 17.7 Å². The van der Waals surface area contributed by atoms with Crippen LogP contribution in [0.3, 0.4) is 0 Å². The monoisotopic (exact) mass is 381 g/mol. The van der Waals surface area contributed by atoms with Crippen molar-refractivity contribution in [1.82, 2.24) is 14.9 Å². The zero-order valence-corrected chi connectivity index (χ0v) is 15.2. The number of piperazine rings is 1. The smallest absolute Gasteiger partial charge is 0.289 e. The van der Waals surface area contributed by atoms with Crippen LogP contribution in [0.15, 0.2) is 59.3 Å². The minimum atomic E-state index is -0.261. The lowest BCUT2D eigenvalue weighted by Crippen LogP contribution is -2.49. The largest absolute Gasteiger partial charge is 0.459 e. The van der Waals surface area contributed by atoms with Crippen LogP contribution in [0.1, 0.15) is 16.1 Å². The summed E-state index contributed by atoms with van der Waals surface area (Å²) in [5.41, 5.74) is 0.557. The van der Waals surface area contributed by atoms with Gasteiger partial charge in [-0.1, -0.05) is 18.2 Å². The Morgan fingerprint density at radius 3 is 2.68 bits per heavy atom. The highest BCUT2D eigenvalue weighted by Crippen LogP contribution is 2.17. The second kappa shape index (κ2) is 8.08. The summed E-state index contributed by atoms with van der Waals surface area (Å²) in [6.45, 7) is 2.80. The van der Waals surface area contributed by atoms with E-state index in [2.05, 4.69) is 20.2 Å². The second-order valence-corrected chi connectivity index (χ2v) is 6.44. The van der Waals surface area contributed by atoms with E-state index in [-0.39, 0.29) is 11.7 Å². The summed E-state index contributed by atoms with van der Waals surface area (Å²) in [5.74, 6) is 1.21. The van der Waals surface area contributed by atoms with Gasteiger partial charge in [-0.15, -0.1) is 0 Å². The van der Waals surface area contributed by atoms with Crippen LogP contribution in [-0.4, -0.2) is 47.0 Å². The van der Waals surface area contributed by atoms with Gasteiger partial charge in [0.15, 0.2) is 5.76 Å². The predicted octanol–water partition coefficient (Wildman–Crippen LogP) is 2.78. The van der Waals surface area contributed by atoms with Crippen molar-refractivity contribution in [3.05, 3.63) is 72.1 Å². The lowest BCUT2D eigenvalue weighted by molar-refractivity contribution is 0.0714. The Bertz CT molecular complexity index is 939. The molecule has 0 spiro atoms. The van der Waals surface area contributed by atoms with Gasteiger partial charge in [0.25, 0.3) is 5.91 Å². The highest BCUT2D eigenvalue weighted by atomic mass is 19.1. The first-order valence-corrected chi connectivity index (χ1v) is 9.09. The van der Waals surface area contributed by atoms with E-state index < -0.39 is 0 Å². The summed E-state index contributed by atoms with van der Waals surface area (Å²) >= 11 is 0. The topological polar surface area (TPSA) is 74.5 Å². The molecule has 1 N–H and O–H groups in total. The van der Waals surface area contributed by atoms with Gasteiger partial charge < -0.3 is 19.5 Å². The van der Waals surface area contributed by atoms with Gasteiger partial charge in [-0.3, -0.25) is 4.79 Å². The molecule has 8 heteroatoms. The Morgan fingerprint density at radius 1 is 1.11 bits per heavy atom. The number of nitrogens with one attached hydrogen (secondary N) is 1. The number of halogens is 1. The van der Waals surface area contributed by atoms with Crippen LogP contribution in [-0.2, 0) is 6.54 Å². The fourth-order valence-corrected chi connectivity index (χ4v) is 3.12. The van der Waals surface area contributed by atoms with Crippen LogP contribution < -0.4 is 10.2 Å². The third kappa shape index (κ3) is 3.95. The molecule has 1 aliphatic heterocycles. The van der Waals surface area contributed by atoms with E-state index in [9.17, 15) is 9.18 Å². The van der Waals surface area contributed by atoms with Crippen LogP contribution >= 0.6 is 0 Å². The molecule has 1 saturated heterocycles. The lowest BCUT2D eigenvalue weighted by atomic mass is 10.2. The van der Waals surface area contributed by atoms with E-state index in [0.717, 1.165) is 5.82 Å². The fourth-order valence-electron chi connectivity index (χ4n) is 3.12. The van der Waals surface area contributed by atoms with Gasteiger partial charge in [-0.25, -0.2) is 9.37 Å². The molecule has 0 bridgehead atoms. The Hall–Kier alpha value is -3.42. The summed E-state index contributed by atoms with van der Waals surface area (Å²) in [5, 5.41) is 3.06. The molecule has 0 unspecified atom stereocenters. The third-order valence-corrected chi connectivity index (χ3v) is 4.66. The Kier molecular flexibility index (Phi) is 5.18. The standard InChI is InChI=1S/C20H20FN5O2/c21-16-5-2-1-4-15(16)14-23-20-22-8-7-18(24-20)25-9-11-26(12-10-25)19(27)17-6-3-13-28-17/h1-8,13H,9-12,14H2,(H,22,23,24). The molecule has 7 nitrogen and oxygen atoms in total. The predicted molar refractivity (Wildman–Crippen MR) is 103 cm³/mol. The maximum absolute atomic E-state index is 13.7. The van der Waals surface area contributed by atoms with Crippen molar-refractivity contribution in [1.29, 1.82) is 0 Å². The van der Waals surface area contributed by atoms with Crippen molar-refractivity contribution in [2.24, 2.45) is 0 Å². The molecule has 3 heterocycles. The van der Waals surface area contributed by atoms with Crippen molar-refractivity contribution in [3.63, 3.8) is 0 Å². The number of anilines is 2.